The molecule has 20 heavy (non-hydrogen) atoms. The van der Waals surface area contributed by atoms with Crippen LogP contribution in [0, 0.1) is 0 Å². The summed E-state index contributed by atoms with van der Waals surface area (Å²) in [7, 11) is 0. The van der Waals surface area contributed by atoms with Gasteiger partial charge in [0.05, 0.1) is 19.1 Å². The number of carbonyl (C=O) groups excluding carboxylic acids is 2. The third-order valence-electron chi connectivity index (χ3n) is 2.58. The molecule has 0 fully saturated rings. The molecule has 0 aromatic heterocycles. The normalized spacial score (nSPS) is 11.5. The van der Waals surface area contributed by atoms with Gasteiger partial charge in [0.15, 0.2) is 0 Å². The second-order valence-electron chi connectivity index (χ2n) is 4.07. The molecule has 0 aliphatic carbocycles. The quantitative estimate of drug-likeness (QED) is 0.759. The molecule has 1 aromatic carbocycles. The highest BCUT2D eigenvalue weighted by atomic mass is 35.5. The molecule has 0 aliphatic rings. The Labute approximate surface area is 123 Å². The van der Waals surface area contributed by atoms with E-state index in [1.807, 2.05) is 30.3 Å². The molecular formula is C14H19ClN2O3. The summed E-state index contributed by atoms with van der Waals surface area (Å²) in [6.07, 6.45) is -0.397. The van der Waals surface area contributed by atoms with Gasteiger partial charge in [-0.15, -0.1) is 11.6 Å². The van der Waals surface area contributed by atoms with Crippen molar-refractivity contribution >= 4 is 23.6 Å². The molecule has 2 N–H and O–H groups in total. The lowest BCUT2D eigenvalue weighted by molar-refractivity contribution is -0.121. The van der Waals surface area contributed by atoms with Gasteiger partial charge in [0, 0.05) is 12.4 Å². The van der Waals surface area contributed by atoms with E-state index in [4.69, 9.17) is 16.3 Å². The summed E-state index contributed by atoms with van der Waals surface area (Å²) in [5.74, 6) is 0.184. The standard InChI is InChI=1S/C14H19ClN2O3/c1-2-20-14(19)17-12(10-13(18)16-9-8-15)11-6-4-3-5-7-11/h3-7,12H,2,8-10H2,1H3,(H,16,18)(H,17,19)/t12-/m0/s1. The molecule has 0 bridgehead atoms. The number of nitrogens with one attached hydrogen (secondary N) is 2. The summed E-state index contributed by atoms with van der Waals surface area (Å²) in [6, 6.07) is 8.86. The Kier molecular flexibility index (Phi) is 7.50. The zero-order valence-electron chi connectivity index (χ0n) is 11.4. The largest absolute Gasteiger partial charge is 0.450 e. The van der Waals surface area contributed by atoms with E-state index in [-0.39, 0.29) is 18.9 Å². The number of halogens is 1. The highest BCUT2D eigenvalue weighted by Gasteiger charge is 2.18. The van der Waals surface area contributed by atoms with Crippen molar-refractivity contribution < 1.29 is 14.3 Å². The van der Waals surface area contributed by atoms with Gasteiger partial charge in [-0.25, -0.2) is 4.79 Å². The van der Waals surface area contributed by atoms with Crippen molar-refractivity contribution in [1.29, 1.82) is 0 Å². The van der Waals surface area contributed by atoms with Crippen LogP contribution in [0.5, 0.6) is 0 Å². The molecule has 0 spiro atoms. The number of carbonyl (C=O) groups is 2. The fraction of sp³-hybridized carbons (Fsp3) is 0.429. The van der Waals surface area contributed by atoms with E-state index in [0.29, 0.717) is 12.4 Å². The van der Waals surface area contributed by atoms with Crippen LogP contribution >= 0.6 is 11.6 Å². The Hall–Kier alpha value is -1.75. The summed E-state index contributed by atoms with van der Waals surface area (Å²) < 4.78 is 4.85. The van der Waals surface area contributed by atoms with Crippen LogP contribution in [0.2, 0.25) is 0 Å². The van der Waals surface area contributed by atoms with Gasteiger partial charge in [0.2, 0.25) is 5.91 Å². The molecule has 1 rings (SSSR count). The maximum atomic E-state index is 11.8. The molecule has 110 valence electrons. The summed E-state index contributed by atoms with van der Waals surface area (Å²) in [5.41, 5.74) is 0.849. The van der Waals surface area contributed by atoms with E-state index in [9.17, 15) is 9.59 Å². The molecule has 5 nitrogen and oxygen atoms in total. The van der Waals surface area contributed by atoms with Gasteiger partial charge < -0.3 is 15.4 Å². The predicted molar refractivity (Wildman–Crippen MR) is 77.7 cm³/mol. The first kappa shape index (κ1) is 16.3. The Balaban J connectivity index is 2.69. The van der Waals surface area contributed by atoms with Gasteiger partial charge in [-0.1, -0.05) is 30.3 Å². The van der Waals surface area contributed by atoms with E-state index in [2.05, 4.69) is 10.6 Å². The highest BCUT2D eigenvalue weighted by Crippen LogP contribution is 2.16. The van der Waals surface area contributed by atoms with Crippen LogP contribution in [-0.2, 0) is 9.53 Å². The number of alkyl halides is 1. The maximum absolute atomic E-state index is 11.8. The molecule has 0 radical (unpaired) electrons. The second kappa shape index (κ2) is 9.20. The SMILES string of the molecule is CCOC(=O)N[C@@H](CC(=O)NCCCl)c1ccccc1. The Bertz CT molecular complexity index is 426. The van der Waals surface area contributed by atoms with E-state index >= 15 is 0 Å². The lowest BCUT2D eigenvalue weighted by Crippen LogP contribution is -2.34. The number of hydrogen-bond donors (Lipinski definition) is 2. The number of amides is 2. The minimum Gasteiger partial charge on any atom is -0.450 e. The average molecular weight is 299 g/mol. The summed E-state index contributed by atoms with van der Waals surface area (Å²) in [5, 5.41) is 5.36. The molecule has 6 heteroatoms. The van der Waals surface area contributed by atoms with Crippen molar-refractivity contribution in [2.24, 2.45) is 0 Å². The first-order valence-electron chi connectivity index (χ1n) is 6.48. The zero-order chi connectivity index (χ0) is 14.8. The predicted octanol–water partition coefficient (Wildman–Crippen LogP) is 2.22. The van der Waals surface area contributed by atoms with Gasteiger partial charge in [-0.3, -0.25) is 4.79 Å². The van der Waals surface area contributed by atoms with Gasteiger partial charge in [0.1, 0.15) is 0 Å². The number of alkyl carbamates (subject to hydrolysis) is 1. The zero-order valence-corrected chi connectivity index (χ0v) is 12.2. The molecule has 0 unspecified atom stereocenters. The number of rotatable bonds is 7. The van der Waals surface area contributed by atoms with Crippen LogP contribution in [0.3, 0.4) is 0 Å². The van der Waals surface area contributed by atoms with Crippen LogP contribution in [0.15, 0.2) is 30.3 Å². The van der Waals surface area contributed by atoms with Crippen molar-refractivity contribution in [2.45, 2.75) is 19.4 Å². The molecular weight excluding hydrogens is 280 g/mol. The van der Waals surface area contributed by atoms with E-state index in [0.717, 1.165) is 5.56 Å². The van der Waals surface area contributed by atoms with E-state index < -0.39 is 12.1 Å². The van der Waals surface area contributed by atoms with Crippen molar-refractivity contribution in [3.05, 3.63) is 35.9 Å². The molecule has 0 heterocycles. The van der Waals surface area contributed by atoms with Crippen molar-refractivity contribution in [1.82, 2.24) is 10.6 Å². The summed E-state index contributed by atoms with van der Waals surface area (Å²) in [4.78, 5) is 23.3. The van der Waals surface area contributed by atoms with Gasteiger partial charge in [-0.2, -0.15) is 0 Å². The van der Waals surface area contributed by atoms with Gasteiger partial charge >= 0.3 is 6.09 Å². The fourth-order valence-corrected chi connectivity index (χ4v) is 1.79. The van der Waals surface area contributed by atoms with Crippen molar-refractivity contribution in [3.8, 4) is 0 Å². The van der Waals surface area contributed by atoms with Crippen LogP contribution in [0.25, 0.3) is 0 Å². The third kappa shape index (κ3) is 5.93. The summed E-state index contributed by atoms with van der Waals surface area (Å²) in [6.45, 7) is 2.41. The van der Waals surface area contributed by atoms with Crippen LogP contribution in [-0.4, -0.2) is 31.0 Å². The Morgan fingerprint density at radius 2 is 2.00 bits per heavy atom. The van der Waals surface area contributed by atoms with Crippen LogP contribution < -0.4 is 10.6 Å². The first-order valence-corrected chi connectivity index (χ1v) is 7.01. The Morgan fingerprint density at radius 1 is 1.30 bits per heavy atom. The fourth-order valence-electron chi connectivity index (χ4n) is 1.70. The van der Waals surface area contributed by atoms with Crippen molar-refractivity contribution in [3.63, 3.8) is 0 Å². The lowest BCUT2D eigenvalue weighted by Gasteiger charge is -2.18. The number of hydrogen-bond acceptors (Lipinski definition) is 3. The topological polar surface area (TPSA) is 67.4 Å². The second-order valence-corrected chi connectivity index (χ2v) is 4.45. The average Bonchev–Trinajstić information content (AvgIpc) is 2.45. The molecule has 1 atom stereocenters. The summed E-state index contributed by atoms with van der Waals surface area (Å²) >= 11 is 5.52. The van der Waals surface area contributed by atoms with Crippen molar-refractivity contribution in [2.75, 3.05) is 19.0 Å². The maximum Gasteiger partial charge on any atom is 0.407 e. The molecule has 2 amide bonds. The first-order chi connectivity index (χ1) is 9.67. The third-order valence-corrected chi connectivity index (χ3v) is 2.76. The van der Waals surface area contributed by atoms with Gasteiger partial charge in [-0.05, 0) is 12.5 Å². The molecule has 0 saturated heterocycles. The molecule has 0 saturated carbocycles. The minimum absolute atomic E-state index is 0.139. The highest BCUT2D eigenvalue weighted by molar-refractivity contribution is 6.18. The molecule has 1 aromatic rings. The van der Waals surface area contributed by atoms with Crippen LogP contribution in [0.4, 0.5) is 4.79 Å². The minimum atomic E-state index is -0.536. The Morgan fingerprint density at radius 3 is 2.60 bits per heavy atom. The monoisotopic (exact) mass is 298 g/mol. The lowest BCUT2D eigenvalue weighted by atomic mass is 10.0. The van der Waals surface area contributed by atoms with Gasteiger partial charge in [0.25, 0.3) is 0 Å². The smallest absolute Gasteiger partial charge is 0.407 e. The van der Waals surface area contributed by atoms with E-state index in [1.54, 1.807) is 6.92 Å². The van der Waals surface area contributed by atoms with Crippen LogP contribution in [0.1, 0.15) is 24.9 Å². The number of ether oxygens (including phenoxy) is 1. The molecule has 0 aliphatic heterocycles. The number of benzene rings is 1. The van der Waals surface area contributed by atoms with E-state index in [1.165, 1.54) is 0 Å².